The standard InChI is InChI=1S/C12H20N2S/c1-9(2)10(7-12(3,4)5)6-11-8-13-14-15-11/h8,10H,1,6-7H2,2-5H3. The molecule has 1 aromatic heterocycles. The first-order valence-electron chi connectivity index (χ1n) is 5.30. The van der Waals surface area contributed by atoms with Crippen LogP contribution in [0.1, 0.15) is 39.0 Å². The fourth-order valence-electron chi connectivity index (χ4n) is 1.68. The van der Waals surface area contributed by atoms with Gasteiger partial charge in [-0.25, -0.2) is 0 Å². The lowest BCUT2D eigenvalue weighted by atomic mass is 9.80. The van der Waals surface area contributed by atoms with E-state index in [0.717, 1.165) is 6.42 Å². The van der Waals surface area contributed by atoms with Crippen LogP contribution in [0.5, 0.6) is 0 Å². The maximum Gasteiger partial charge on any atom is 0.0653 e. The average molecular weight is 224 g/mol. The monoisotopic (exact) mass is 224 g/mol. The van der Waals surface area contributed by atoms with Gasteiger partial charge in [-0.15, -0.1) is 5.10 Å². The highest BCUT2D eigenvalue weighted by atomic mass is 32.1. The highest BCUT2D eigenvalue weighted by Gasteiger charge is 2.20. The summed E-state index contributed by atoms with van der Waals surface area (Å²) in [5, 5.41) is 3.87. The van der Waals surface area contributed by atoms with Crippen molar-refractivity contribution in [3.05, 3.63) is 23.2 Å². The molecular formula is C12H20N2S. The van der Waals surface area contributed by atoms with E-state index in [9.17, 15) is 0 Å². The third-order valence-corrected chi connectivity index (χ3v) is 3.09. The minimum absolute atomic E-state index is 0.349. The summed E-state index contributed by atoms with van der Waals surface area (Å²) in [6.45, 7) is 13.0. The van der Waals surface area contributed by atoms with E-state index in [0.29, 0.717) is 11.3 Å². The van der Waals surface area contributed by atoms with Crippen molar-refractivity contribution in [2.45, 2.75) is 40.5 Å². The average Bonchev–Trinajstić information content (AvgIpc) is 2.52. The fraction of sp³-hybridized carbons (Fsp3) is 0.667. The Morgan fingerprint density at radius 1 is 1.53 bits per heavy atom. The van der Waals surface area contributed by atoms with Crippen LogP contribution in [0, 0.1) is 11.3 Å². The van der Waals surface area contributed by atoms with E-state index in [-0.39, 0.29) is 0 Å². The van der Waals surface area contributed by atoms with Gasteiger partial charge in [-0.3, -0.25) is 0 Å². The molecule has 1 unspecified atom stereocenters. The van der Waals surface area contributed by atoms with Crippen LogP contribution >= 0.6 is 11.5 Å². The fourth-order valence-corrected chi connectivity index (χ4v) is 2.25. The van der Waals surface area contributed by atoms with Crippen LogP contribution in [-0.2, 0) is 6.42 Å². The molecule has 1 rings (SSSR count). The van der Waals surface area contributed by atoms with E-state index < -0.39 is 0 Å². The Bertz CT molecular complexity index is 309. The molecule has 0 aliphatic rings. The smallest absolute Gasteiger partial charge is 0.0653 e. The van der Waals surface area contributed by atoms with Crippen LogP contribution in [0.4, 0.5) is 0 Å². The number of nitrogens with zero attached hydrogens (tertiary/aromatic N) is 2. The lowest BCUT2D eigenvalue weighted by Gasteiger charge is -2.25. The first-order chi connectivity index (χ1) is 6.88. The largest absolute Gasteiger partial charge is 0.146 e. The zero-order chi connectivity index (χ0) is 11.5. The molecule has 15 heavy (non-hydrogen) atoms. The van der Waals surface area contributed by atoms with E-state index >= 15 is 0 Å². The predicted octanol–water partition coefficient (Wildman–Crippen LogP) is 3.71. The Labute approximate surface area is 96.6 Å². The SMILES string of the molecule is C=C(C)C(Cc1cnns1)CC(C)(C)C. The Hall–Kier alpha value is -0.700. The summed E-state index contributed by atoms with van der Waals surface area (Å²) in [4.78, 5) is 1.26. The molecule has 0 aliphatic heterocycles. The Balaban J connectivity index is 2.63. The molecule has 0 fully saturated rings. The molecule has 0 saturated heterocycles. The van der Waals surface area contributed by atoms with Crippen molar-refractivity contribution in [3.8, 4) is 0 Å². The quantitative estimate of drug-likeness (QED) is 0.729. The second-order valence-electron chi connectivity index (χ2n) is 5.40. The maximum absolute atomic E-state index is 4.08. The predicted molar refractivity (Wildman–Crippen MR) is 66.0 cm³/mol. The van der Waals surface area contributed by atoms with Crippen molar-refractivity contribution in [1.29, 1.82) is 0 Å². The summed E-state index contributed by atoms with van der Waals surface area (Å²) in [5.74, 6) is 0.548. The maximum atomic E-state index is 4.08. The van der Waals surface area contributed by atoms with Gasteiger partial charge < -0.3 is 0 Å². The molecule has 84 valence electrons. The first kappa shape index (κ1) is 12.4. The van der Waals surface area contributed by atoms with Gasteiger partial charge in [-0.2, -0.15) is 0 Å². The number of aromatic nitrogens is 2. The van der Waals surface area contributed by atoms with Crippen LogP contribution in [-0.4, -0.2) is 9.59 Å². The molecule has 0 amide bonds. The van der Waals surface area contributed by atoms with Gasteiger partial charge in [0.1, 0.15) is 0 Å². The summed E-state index contributed by atoms with van der Waals surface area (Å²) < 4.78 is 3.89. The van der Waals surface area contributed by atoms with E-state index in [1.54, 1.807) is 0 Å². The van der Waals surface area contributed by atoms with Gasteiger partial charge in [0.05, 0.1) is 6.20 Å². The van der Waals surface area contributed by atoms with Gasteiger partial charge in [0.15, 0.2) is 0 Å². The van der Waals surface area contributed by atoms with Crippen LogP contribution in [0.15, 0.2) is 18.3 Å². The molecule has 1 aromatic rings. The normalized spacial score (nSPS) is 13.9. The molecule has 1 atom stereocenters. The number of rotatable bonds is 4. The summed E-state index contributed by atoms with van der Waals surface area (Å²) in [7, 11) is 0. The Morgan fingerprint density at radius 2 is 2.20 bits per heavy atom. The van der Waals surface area contributed by atoms with E-state index in [1.165, 1.54) is 28.4 Å². The molecule has 0 aliphatic carbocycles. The van der Waals surface area contributed by atoms with Gasteiger partial charge in [0.25, 0.3) is 0 Å². The molecule has 0 aromatic carbocycles. The van der Waals surface area contributed by atoms with Gasteiger partial charge in [-0.05, 0) is 42.6 Å². The number of hydrogen-bond acceptors (Lipinski definition) is 3. The van der Waals surface area contributed by atoms with Crippen molar-refractivity contribution in [3.63, 3.8) is 0 Å². The molecule has 0 saturated carbocycles. The summed E-state index contributed by atoms with van der Waals surface area (Å²) in [6, 6.07) is 0. The molecule has 0 N–H and O–H groups in total. The van der Waals surface area contributed by atoms with Crippen LogP contribution in [0.25, 0.3) is 0 Å². The van der Waals surface area contributed by atoms with Gasteiger partial charge in [0, 0.05) is 4.88 Å². The third kappa shape index (κ3) is 4.56. The molecule has 0 bridgehead atoms. The molecule has 2 nitrogen and oxygen atoms in total. The Morgan fingerprint density at radius 3 is 2.60 bits per heavy atom. The Kier molecular flexibility index (Phi) is 4.03. The molecular weight excluding hydrogens is 204 g/mol. The summed E-state index contributed by atoms with van der Waals surface area (Å²) in [6.07, 6.45) is 4.06. The molecule has 0 spiro atoms. The zero-order valence-electron chi connectivity index (χ0n) is 10.1. The number of hydrogen-bond donors (Lipinski definition) is 0. The highest BCUT2D eigenvalue weighted by molar-refractivity contribution is 7.05. The van der Waals surface area contributed by atoms with Crippen molar-refractivity contribution in [1.82, 2.24) is 9.59 Å². The second kappa shape index (κ2) is 4.88. The molecule has 3 heteroatoms. The lowest BCUT2D eigenvalue weighted by molar-refractivity contribution is 0.317. The van der Waals surface area contributed by atoms with Crippen molar-refractivity contribution in [2.75, 3.05) is 0 Å². The second-order valence-corrected chi connectivity index (χ2v) is 6.27. The van der Waals surface area contributed by atoms with E-state index in [2.05, 4.69) is 43.9 Å². The van der Waals surface area contributed by atoms with E-state index in [1.807, 2.05) is 6.20 Å². The van der Waals surface area contributed by atoms with Gasteiger partial charge >= 0.3 is 0 Å². The summed E-state index contributed by atoms with van der Waals surface area (Å²) >= 11 is 1.49. The van der Waals surface area contributed by atoms with Crippen molar-refractivity contribution >= 4 is 11.5 Å². The van der Waals surface area contributed by atoms with Crippen LogP contribution in [0.3, 0.4) is 0 Å². The molecule has 1 heterocycles. The topological polar surface area (TPSA) is 25.8 Å². The minimum Gasteiger partial charge on any atom is -0.146 e. The summed E-state index contributed by atoms with van der Waals surface area (Å²) in [5.41, 5.74) is 1.61. The van der Waals surface area contributed by atoms with Crippen LogP contribution in [0.2, 0.25) is 0 Å². The van der Waals surface area contributed by atoms with Crippen molar-refractivity contribution < 1.29 is 0 Å². The lowest BCUT2D eigenvalue weighted by Crippen LogP contribution is -2.15. The molecule has 0 radical (unpaired) electrons. The van der Waals surface area contributed by atoms with Crippen molar-refractivity contribution in [2.24, 2.45) is 11.3 Å². The first-order valence-corrected chi connectivity index (χ1v) is 6.07. The highest BCUT2D eigenvalue weighted by Crippen LogP contribution is 2.30. The van der Waals surface area contributed by atoms with Crippen LogP contribution < -0.4 is 0 Å². The minimum atomic E-state index is 0.349. The van der Waals surface area contributed by atoms with Gasteiger partial charge in [-0.1, -0.05) is 37.4 Å². The van der Waals surface area contributed by atoms with E-state index in [4.69, 9.17) is 0 Å². The zero-order valence-corrected chi connectivity index (χ0v) is 10.9. The third-order valence-electron chi connectivity index (χ3n) is 2.41. The van der Waals surface area contributed by atoms with Gasteiger partial charge in [0.2, 0.25) is 0 Å². The number of allylic oxidation sites excluding steroid dienone is 1.